The highest BCUT2D eigenvalue weighted by Crippen LogP contribution is 2.13. The van der Waals surface area contributed by atoms with Crippen molar-refractivity contribution in [1.29, 1.82) is 0 Å². The van der Waals surface area contributed by atoms with Crippen molar-refractivity contribution in [1.82, 2.24) is 9.97 Å². The molecule has 2 N–H and O–H groups in total. The summed E-state index contributed by atoms with van der Waals surface area (Å²) in [7, 11) is -2.85. The fourth-order valence-electron chi connectivity index (χ4n) is 1.59. The summed E-state index contributed by atoms with van der Waals surface area (Å²) >= 11 is 0. The Morgan fingerprint density at radius 3 is 2.62 bits per heavy atom. The molecule has 0 radical (unpaired) electrons. The standard InChI is InChI=1S/C9H14N4O2S/c10-5-8-6-11-7-9(12-8)13-1-3-16(14,15)4-2-13/h6-7H,1-5,10H2. The van der Waals surface area contributed by atoms with Crippen molar-refractivity contribution in [2.45, 2.75) is 6.54 Å². The van der Waals surface area contributed by atoms with Crippen LogP contribution in [0.4, 0.5) is 5.82 Å². The minimum absolute atomic E-state index is 0.182. The molecule has 1 aromatic heterocycles. The Labute approximate surface area is 94.4 Å². The Morgan fingerprint density at radius 2 is 2.00 bits per heavy atom. The molecule has 1 saturated heterocycles. The minimum Gasteiger partial charge on any atom is -0.353 e. The zero-order valence-corrected chi connectivity index (χ0v) is 9.65. The molecule has 0 unspecified atom stereocenters. The van der Waals surface area contributed by atoms with E-state index in [1.807, 2.05) is 4.90 Å². The monoisotopic (exact) mass is 242 g/mol. The van der Waals surface area contributed by atoms with Gasteiger partial charge in [0.1, 0.15) is 5.82 Å². The Balaban J connectivity index is 2.13. The van der Waals surface area contributed by atoms with Crippen LogP contribution >= 0.6 is 0 Å². The summed E-state index contributed by atoms with van der Waals surface area (Å²) in [5.41, 5.74) is 6.19. The fourth-order valence-corrected chi connectivity index (χ4v) is 2.79. The molecule has 0 saturated carbocycles. The SMILES string of the molecule is NCc1cncc(N2CCS(=O)(=O)CC2)n1. The molecule has 1 aliphatic rings. The molecule has 1 aromatic rings. The van der Waals surface area contributed by atoms with Crippen LogP contribution in [0.1, 0.15) is 5.69 Å². The first-order valence-electron chi connectivity index (χ1n) is 5.07. The zero-order valence-electron chi connectivity index (χ0n) is 8.83. The van der Waals surface area contributed by atoms with Gasteiger partial charge in [-0.2, -0.15) is 0 Å². The summed E-state index contributed by atoms with van der Waals surface area (Å²) in [6.07, 6.45) is 3.25. The van der Waals surface area contributed by atoms with E-state index in [4.69, 9.17) is 5.73 Å². The van der Waals surface area contributed by atoms with E-state index in [0.717, 1.165) is 0 Å². The molecule has 1 fully saturated rings. The molecule has 2 rings (SSSR count). The van der Waals surface area contributed by atoms with Crippen LogP contribution in [-0.4, -0.2) is 43.0 Å². The second-order valence-corrected chi connectivity index (χ2v) is 6.02. The average molecular weight is 242 g/mol. The lowest BCUT2D eigenvalue weighted by Gasteiger charge is -2.27. The second-order valence-electron chi connectivity index (χ2n) is 3.71. The summed E-state index contributed by atoms with van der Waals surface area (Å²) in [6, 6.07) is 0. The van der Waals surface area contributed by atoms with Crippen LogP contribution in [0.25, 0.3) is 0 Å². The van der Waals surface area contributed by atoms with Crippen LogP contribution in [-0.2, 0) is 16.4 Å². The van der Waals surface area contributed by atoms with Crippen LogP contribution in [0.5, 0.6) is 0 Å². The van der Waals surface area contributed by atoms with Gasteiger partial charge < -0.3 is 10.6 Å². The number of hydrogen-bond acceptors (Lipinski definition) is 6. The number of hydrogen-bond donors (Lipinski definition) is 1. The number of anilines is 1. The van der Waals surface area contributed by atoms with Gasteiger partial charge in [-0.05, 0) is 0 Å². The van der Waals surface area contributed by atoms with E-state index in [2.05, 4.69) is 9.97 Å². The van der Waals surface area contributed by atoms with Crippen molar-refractivity contribution in [2.24, 2.45) is 5.73 Å². The number of sulfone groups is 1. The molecule has 0 atom stereocenters. The van der Waals surface area contributed by atoms with Crippen molar-refractivity contribution in [3.05, 3.63) is 18.1 Å². The van der Waals surface area contributed by atoms with Crippen LogP contribution in [0.15, 0.2) is 12.4 Å². The van der Waals surface area contributed by atoms with Crippen molar-refractivity contribution >= 4 is 15.7 Å². The quantitative estimate of drug-likeness (QED) is 0.728. The maximum absolute atomic E-state index is 11.3. The average Bonchev–Trinajstić information content (AvgIpc) is 2.29. The summed E-state index contributed by atoms with van der Waals surface area (Å²) in [4.78, 5) is 10.3. The van der Waals surface area contributed by atoms with Gasteiger partial charge in [-0.3, -0.25) is 4.98 Å². The molecule has 7 heteroatoms. The smallest absolute Gasteiger partial charge is 0.153 e. The highest BCUT2D eigenvalue weighted by atomic mass is 32.2. The van der Waals surface area contributed by atoms with E-state index in [0.29, 0.717) is 31.1 Å². The summed E-state index contributed by atoms with van der Waals surface area (Å²) in [5.74, 6) is 1.07. The summed E-state index contributed by atoms with van der Waals surface area (Å²) < 4.78 is 22.5. The van der Waals surface area contributed by atoms with E-state index in [-0.39, 0.29) is 11.5 Å². The molecule has 0 aromatic carbocycles. The van der Waals surface area contributed by atoms with Crippen molar-refractivity contribution in [3.8, 4) is 0 Å². The highest BCUT2D eigenvalue weighted by Gasteiger charge is 2.22. The number of nitrogens with two attached hydrogens (primary N) is 1. The predicted molar refractivity (Wildman–Crippen MR) is 60.8 cm³/mol. The van der Waals surface area contributed by atoms with E-state index < -0.39 is 9.84 Å². The van der Waals surface area contributed by atoms with Gasteiger partial charge in [0.15, 0.2) is 9.84 Å². The van der Waals surface area contributed by atoms with Gasteiger partial charge >= 0.3 is 0 Å². The highest BCUT2D eigenvalue weighted by molar-refractivity contribution is 7.91. The van der Waals surface area contributed by atoms with Gasteiger partial charge in [-0.15, -0.1) is 0 Å². The lowest BCUT2D eigenvalue weighted by Crippen LogP contribution is -2.40. The zero-order chi connectivity index (χ0) is 11.6. The van der Waals surface area contributed by atoms with Gasteiger partial charge in [0.25, 0.3) is 0 Å². The van der Waals surface area contributed by atoms with Crippen LogP contribution in [0.3, 0.4) is 0 Å². The largest absolute Gasteiger partial charge is 0.353 e. The molecule has 1 aliphatic heterocycles. The van der Waals surface area contributed by atoms with E-state index in [1.165, 1.54) is 0 Å². The van der Waals surface area contributed by atoms with E-state index >= 15 is 0 Å². The third-order valence-electron chi connectivity index (χ3n) is 2.55. The second kappa shape index (κ2) is 4.34. The van der Waals surface area contributed by atoms with Gasteiger partial charge in [0, 0.05) is 25.8 Å². The van der Waals surface area contributed by atoms with Crippen LogP contribution in [0.2, 0.25) is 0 Å². The number of rotatable bonds is 2. The summed E-state index contributed by atoms with van der Waals surface area (Å²) in [5, 5.41) is 0. The van der Waals surface area contributed by atoms with Crippen LogP contribution in [0, 0.1) is 0 Å². The van der Waals surface area contributed by atoms with Gasteiger partial charge in [0.05, 0.1) is 23.4 Å². The lowest BCUT2D eigenvalue weighted by molar-refractivity contribution is 0.586. The molecular weight excluding hydrogens is 228 g/mol. The summed E-state index contributed by atoms with van der Waals surface area (Å²) in [6.45, 7) is 1.29. The number of aromatic nitrogens is 2. The molecule has 0 aliphatic carbocycles. The van der Waals surface area contributed by atoms with Crippen LogP contribution < -0.4 is 10.6 Å². The van der Waals surface area contributed by atoms with Crippen molar-refractivity contribution < 1.29 is 8.42 Å². The Hall–Kier alpha value is -1.21. The maximum atomic E-state index is 11.3. The topological polar surface area (TPSA) is 89.2 Å². The normalized spacial score (nSPS) is 19.7. The first kappa shape index (κ1) is 11.3. The first-order valence-corrected chi connectivity index (χ1v) is 6.89. The maximum Gasteiger partial charge on any atom is 0.153 e. The molecule has 2 heterocycles. The van der Waals surface area contributed by atoms with Gasteiger partial charge in [-0.1, -0.05) is 0 Å². The van der Waals surface area contributed by atoms with Crippen molar-refractivity contribution in [3.63, 3.8) is 0 Å². The Morgan fingerprint density at radius 1 is 1.31 bits per heavy atom. The lowest BCUT2D eigenvalue weighted by atomic mass is 10.4. The fraction of sp³-hybridized carbons (Fsp3) is 0.556. The Kier molecular flexibility index (Phi) is 3.06. The molecule has 88 valence electrons. The third-order valence-corrected chi connectivity index (χ3v) is 4.16. The molecule has 0 amide bonds. The molecule has 0 spiro atoms. The van der Waals surface area contributed by atoms with Gasteiger partial charge in [-0.25, -0.2) is 13.4 Å². The number of nitrogens with zero attached hydrogens (tertiary/aromatic N) is 3. The minimum atomic E-state index is -2.85. The molecule has 0 bridgehead atoms. The van der Waals surface area contributed by atoms with Gasteiger partial charge in [0.2, 0.25) is 0 Å². The van der Waals surface area contributed by atoms with E-state index in [9.17, 15) is 8.42 Å². The predicted octanol–water partition coefficient (Wildman–Crippen LogP) is -0.830. The Bertz CT molecular complexity index is 460. The first-order chi connectivity index (χ1) is 7.61. The molecule has 16 heavy (non-hydrogen) atoms. The molecule has 6 nitrogen and oxygen atoms in total. The van der Waals surface area contributed by atoms with Crippen molar-refractivity contribution in [2.75, 3.05) is 29.5 Å². The third kappa shape index (κ3) is 2.48. The molecular formula is C9H14N4O2S. The van der Waals surface area contributed by atoms with E-state index in [1.54, 1.807) is 12.4 Å².